The Hall–Kier alpha value is -2.63. The summed E-state index contributed by atoms with van der Waals surface area (Å²) in [5.41, 5.74) is -0.968. The number of anilines is 1. The van der Waals surface area contributed by atoms with Crippen LogP contribution in [0, 0.1) is 6.92 Å². The number of hydrogen-bond acceptors (Lipinski definition) is 5. The molecule has 0 aliphatic carbocycles. The van der Waals surface area contributed by atoms with Crippen molar-refractivity contribution in [2.45, 2.75) is 6.92 Å². The second-order valence-corrected chi connectivity index (χ2v) is 3.57. The van der Waals surface area contributed by atoms with Gasteiger partial charge < -0.3 is 14.8 Å². The van der Waals surface area contributed by atoms with E-state index in [9.17, 15) is 14.7 Å². The second-order valence-electron chi connectivity index (χ2n) is 3.57. The van der Waals surface area contributed by atoms with Crippen LogP contribution < -0.4 is 10.9 Å². The first-order valence-corrected chi connectivity index (χ1v) is 5.14. The molecule has 2 rings (SSSR count). The van der Waals surface area contributed by atoms with E-state index in [1.54, 1.807) is 12.1 Å². The van der Waals surface area contributed by atoms with E-state index in [0.717, 1.165) is 0 Å². The number of carbonyl (C=O) groups excluding carboxylic acids is 1. The molecule has 6 nitrogen and oxygen atoms in total. The zero-order valence-corrected chi connectivity index (χ0v) is 9.51. The lowest BCUT2D eigenvalue weighted by Gasteiger charge is -2.05. The van der Waals surface area contributed by atoms with Crippen LogP contribution in [0.5, 0.6) is 5.75 Å². The maximum atomic E-state index is 11.7. The van der Waals surface area contributed by atoms with E-state index in [1.807, 2.05) is 0 Å². The van der Waals surface area contributed by atoms with Gasteiger partial charge in [0.2, 0.25) is 0 Å². The predicted octanol–water partition coefficient (Wildman–Crippen LogP) is 1.30. The zero-order chi connectivity index (χ0) is 13.1. The van der Waals surface area contributed by atoms with E-state index in [0.29, 0.717) is 0 Å². The third-order valence-electron chi connectivity index (χ3n) is 2.19. The van der Waals surface area contributed by atoms with Gasteiger partial charge in [-0.05, 0) is 19.1 Å². The minimum absolute atomic E-state index is 0.136. The minimum Gasteiger partial charge on any atom is -0.505 e. The molecule has 2 aromatic rings. The maximum Gasteiger partial charge on any atom is 0.363 e. The summed E-state index contributed by atoms with van der Waals surface area (Å²) in [6, 6.07) is 6.03. The highest BCUT2D eigenvalue weighted by molar-refractivity contribution is 6.03. The van der Waals surface area contributed by atoms with E-state index in [4.69, 9.17) is 4.42 Å². The van der Waals surface area contributed by atoms with Crippen molar-refractivity contribution in [3.05, 3.63) is 52.3 Å². The number of aryl methyl sites for hydroxylation is 1. The Bertz CT molecular complexity index is 634. The van der Waals surface area contributed by atoms with Gasteiger partial charge in [-0.25, -0.2) is 4.79 Å². The van der Waals surface area contributed by atoms with E-state index in [-0.39, 0.29) is 22.9 Å². The fourth-order valence-electron chi connectivity index (χ4n) is 1.39. The summed E-state index contributed by atoms with van der Waals surface area (Å²) in [5, 5.41) is 11.8. The first-order valence-electron chi connectivity index (χ1n) is 5.14. The largest absolute Gasteiger partial charge is 0.505 e. The van der Waals surface area contributed by atoms with Crippen LogP contribution in [0.2, 0.25) is 0 Å². The van der Waals surface area contributed by atoms with Gasteiger partial charge in [-0.1, -0.05) is 6.07 Å². The number of nitrogens with zero attached hydrogens (tertiary/aromatic N) is 1. The third kappa shape index (κ3) is 2.37. The third-order valence-corrected chi connectivity index (χ3v) is 2.19. The lowest BCUT2D eigenvalue weighted by atomic mass is 10.3. The molecule has 2 N–H and O–H groups in total. The maximum absolute atomic E-state index is 11.7. The average Bonchev–Trinajstić information content (AvgIpc) is 2.34. The van der Waals surface area contributed by atoms with Crippen molar-refractivity contribution in [2.24, 2.45) is 0 Å². The van der Waals surface area contributed by atoms with Crippen LogP contribution in [0.3, 0.4) is 0 Å². The number of hydrogen-bond donors (Lipinski definition) is 2. The summed E-state index contributed by atoms with van der Waals surface area (Å²) in [6.45, 7) is 1.52. The van der Waals surface area contributed by atoms with Crippen molar-refractivity contribution in [1.29, 1.82) is 0 Å². The van der Waals surface area contributed by atoms with E-state index in [1.165, 1.54) is 25.3 Å². The summed E-state index contributed by atoms with van der Waals surface area (Å²) < 4.78 is 4.78. The molecule has 0 aliphatic rings. The summed E-state index contributed by atoms with van der Waals surface area (Å²) in [6.07, 6.45) is 1.45. The zero-order valence-electron chi connectivity index (χ0n) is 9.51. The summed E-state index contributed by atoms with van der Waals surface area (Å²) in [4.78, 5) is 27.0. The molecule has 2 heterocycles. The van der Waals surface area contributed by atoms with Crippen LogP contribution in [0.25, 0.3) is 0 Å². The Kier molecular flexibility index (Phi) is 3.09. The Morgan fingerprint density at radius 2 is 2.22 bits per heavy atom. The second kappa shape index (κ2) is 4.70. The minimum atomic E-state index is -0.809. The molecule has 18 heavy (non-hydrogen) atoms. The van der Waals surface area contributed by atoms with E-state index < -0.39 is 11.5 Å². The van der Waals surface area contributed by atoms with Gasteiger partial charge in [0.25, 0.3) is 5.91 Å². The summed E-state index contributed by atoms with van der Waals surface area (Å²) in [5.74, 6) is -0.677. The number of rotatable bonds is 2. The van der Waals surface area contributed by atoms with Gasteiger partial charge in [0.15, 0.2) is 5.69 Å². The molecule has 0 unspecified atom stereocenters. The smallest absolute Gasteiger partial charge is 0.363 e. The first kappa shape index (κ1) is 11.8. The molecule has 0 saturated carbocycles. The Morgan fingerprint density at radius 3 is 2.83 bits per heavy atom. The van der Waals surface area contributed by atoms with Crippen molar-refractivity contribution >= 4 is 11.6 Å². The number of pyridine rings is 1. The van der Waals surface area contributed by atoms with Gasteiger partial charge in [-0.15, -0.1) is 0 Å². The molecular formula is C12H10N2O4. The Balaban J connectivity index is 2.31. The van der Waals surface area contributed by atoms with Gasteiger partial charge in [0.05, 0.1) is 0 Å². The first-order chi connectivity index (χ1) is 8.58. The van der Waals surface area contributed by atoms with E-state index >= 15 is 0 Å². The molecule has 0 radical (unpaired) electrons. The van der Waals surface area contributed by atoms with Crippen molar-refractivity contribution in [3.63, 3.8) is 0 Å². The summed E-state index contributed by atoms with van der Waals surface area (Å²) >= 11 is 0. The normalized spacial score (nSPS) is 10.1. The molecule has 0 saturated heterocycles. The fourth-order valence-corrected chi connectivity index (χ4v) is 1.39. The molecule has 1 amide bonds. The Morgan fingerprint density at radius 1 is 1.44 bits per heavy atom. The van der Waals surface area contributed by atoms with E-state index in [2.05, 4.69) is 10.3 Å². The molecule has 6 heteroatoms. The van der Waals surface area contributed by atoms with Gasteiger partial charge >= 0.3 is 5.63 Å². The standard InChI is InChI=1S/C12H10N2O4/c1-7-6-9(15)10(12(17)18-7)14-11(16)8-4-2-3-5-13-8/h2-6,15H,1H3,(H,14,16). The number of aromatic hydroxyl groups is 1. The molecule has 0 aliphatic heterocycles. The van der Waals surface area contributed by atoms with Gasteiger partial charge in [0, 0.05) is 12.3 Å². The number of amides is 1. The lowest BCUT2D eigenvalue weighted by Crippen LogP contribution is -2.19. The highest BCUT2D eigenvalue weighted by atomic mass is 16.4. The quantitative estimate of drug-likeness (QED) is 0.833. The van der Waals surface area contributed by atoms with Crippen LogP contribution >= 0.6 is 0 Å². The van der Waals surface area contributed by atoms with Crippen molar-refractivity contribution in [1.82, 2.24) is 4.98 Å². The van der Waals surface area contributed by atoms with Crippen molar-refractivity contribution < 1.29 is 14.3 Å². The Labute approximate surface area is 102 Å². The highest BCUT2D eigenvalue weighted by Crippen LogP contribution is 2.19. The summed E-state index contributed by atoms with van der Waals surface area (Å²) in [7, 11) is 0. The number of carbonyl (C=O) groups is 1. The fraction of sp³-hybridized carbons (Fsp3) is 0.0833. The van der Waals surface area contributed by atoms with Crippen molar-refractivity contribution in [3.8, 4) is 5.75 Å². The van der Waals surface area contributed by atoms with Crippen LogP contribution in [-0.2, 0) is 0 Å². The number of nitrogens with one attached hydrogen (secondary N) is 1. The molecular weight excluding hydrogens is 236 g/mol. The average molecular weight is 246 g/mol. The molecule has 92 valence electrons. The van der Waals surface area contributed by atoms with Crippen LogP contribution in [0.4, 0.5) is 5.69 Å². The highest BCUT2D eigenvalue weighted by Gasteiger charge is 2.14. The van der Waals surface area contributed by atoms with Crippen molar-refractivity contribution in [2.75, 3.05) is 5.32 Å². The predicted molar refractivity (Wildman–Crippen MR) is 63.6 cm³/mol. The monoisotopic (exact) mass is 246 g/mol. The van der Waals surface area contributed by atoms with Crippen LogP contribution in [0.15, 0.2) is 39.7 Å². The topological polar surface area (TPSA) is 92.4 Å². The molecule has 0 fully saturated rings. The molecule has 0 atom stereocenters. The molecule has 2 aromatic heterocycles. The van der Waals surface area contributed by atoms with Gasteiger partial charge in [-0.2, -0.15) is 0 Å². The number of aromatic nitrogens is 1. The van der Waals surface area contributed by atoms with Crippen LogP contribution in [-0.4, -0.2) is 16.0 Å². The lowest BCUT2D eigenvalue weighted by molar-refractivity contribution is 0.102. The van der Waals surface area contributed by atoms with Crippen LogP contribution in [0.1, 0.15) is 16.2 Å². The molecule has 0 spiro atoms. The van der Waals surface area contributed by atoms with Gasteiger partial charge in [-0.3, -0.25) is 9.78 Å². The SMILES string of the molecule is Cc1cc(O)c(NC(=O)c2ccccn2)c(=O)o1. The molecule has 0 bridgehead atoms. The van der Waals surface area contributed by atoms with Gasteiger partial charge in [0.1, 0.15) is 17.2 Å². The molecule has 0 aromatic carbocycles.